The normalized spacial score (nSPS) is 18.1. The van der Waals surface area contributed by atoms with Crippen molar-refractivity contribution in [2.24, 2.45) is 5.41 Å². The first-order valence-corrected chi connectivity index (χ1v) is 13.5. The van der Waals surface area contributed by atoms with Crippen LogP contribution in [-0.4, -0.2) is 55.8 Å². The van der Waals surface area contributed by atoms with Crippen LogP contribution in [0.1, 0.15) is 64.3 Å². The second kappa shape index (κ2) is 10.00. The second-order valence-electron chi connectivity index (χ2n) is 11.5. The summed E-state index contributed by atoms with van der Waals surface area (Å²) in [5, 5.41) is 21.0. The lowest BCUT2D eigenvalue weighted by Crippen LogP contribution is -2.67. The van der Waals surface area contributed by atoms with Crippen molar-refractivity contribution in [3.05, 3.63) is 55.7 Å². The van der Waals surface area contributed by atoms with Crippen molar-refractivity contribution in [2.75, 3.05) is 24.5 Å². The van der Waals surface area contributed by atoms with E-state index in [9.17, 15) is 20.0 Å². The first-order valence-electron chi connectivity index (χ1n) is 12.7. The van der Waals surface area contributed by atoms with Crippen LogP contribution in [0.5, 0.6) is 0 Å². The summed E-state index contributed by atoms with van der Waals surface area (Å²) in [7, 11) is 0. The van der Waals surface area contributed by atoms with Crippen molar-refractivity contribution in [3.8, 4) is 11.8 Å². The number of rotatable bonds is 3. The topological polar surface area (TPSA) is 115 Å². The van der Waals surface area contributed by atoms with Gasteiger partial charge in [-0.15, -0.1) is 0 Å². The van der Waals surface area contributed by atoms with Crippen LogP contribution in [0.25, 0.3) is 16.7 Å². The molecule has 0 spiro atoms. The molecule has 0 saturated carbocycles. The van der Waals surface area contributed by atoms with Crippen molar-refractivity contribution >= 4 is 46.0 Å². The minimum atomic E-state index is -1.02. The van der Waals surface area contributed by atoms with Crippen molar-refractivity contribution in [1.82, 2.24) is 19.4 Å². The number of nitriles is 1. The van der Waals surface area contributed by atoms with Gasteiger partial charge >= 0.3 is 6.09 Å². The van der Waals surface area contributed by atoms with Gasteiger partial charge in [0.25, 0.3) is 5.56 Å². The maximum absolute atomic E-state index is 14.2. The van der Waals surface area contributed by atoms with Gasteiger partial charge in [0.2, 0.25) is 0 Å². The van der Waals surface area contributed by atoms with E-state index < -0.39 is 22.6 Å². The van der Waals surface area contributed by atoms with Crippen molar-refractivity contribution < 1.29 is 9.90 Å². The number of nitrogens with zero attached hydrogens (tertiary/aromatic N) is 6. The molecule has 1 atom stereocenters. The van der Waals surface area contributed by atoms with E-state index in [1.807, 2.05) is 53.4 Å². The number of fused-ring (bicyclic) bond motifs is 1. The van der Waals surface area contributed by atoms with E-state index in [2.05, 4.69) is 16.0 Å². The van der Waals surface area contributed by atoms with Crippen LogP contribution in [0.4, 0.5) is 10.5 Å². The Labute approximate surface area is 237 Å². The minimum absolute atomic E-state index is 0.0218. The van der Waals surface area contributed by atoms with Crippen LogP contribution in [0.15, 0.2) is 23.1 Å². The number of piperazine rings is 1. The molecule has 1 saturated heterocycles. The zero-order valence-electron chi connectivity index (χ0n) is 23.1. The highest BCUT2D eigenvalue weighted by Gasteiger charge is 2.49. The van der Waals surface area contributed by atoms with Gasteiger partial charge in [-0.3, -0.25) is 19.2 Å². The summed E-state index contributed by atoms with van der Waals surface area (Å²) in [5.41, 5.74) is 0.705. The van der Waals surface area contributed by atoms with Crippen molar-refractivity contribution in [3.63, 3.8) is 0 Å². The highest BCUT2D eigenvalue weighted by Crippen LogP contribution is 2.42. The second-order valence-corrected chi connectivity index (χ2v) is 12.3. The van der Waals surface area contributed by atoms with E-state index in [1.165, 1.54) is 9.47 Å². The Balaban J connectivity index is 2.11. The molecule has 1 aliphatic rings. The number of aromatic nitrogens is 3. The molecule has 0 unspecified atom stereocenters. The minimum Gasteiger partial charge on any atom is -0.465 e. The molecule has 0 radical (unpaired) electrons. The first kappa shape index (κ1) is 28.7. The summed E-state index contributed by atoms with van der Waals surface area (Å²) < 4.78 is 1.41. The van der Waals surface area contributed by atoms with E-state index >= 15 is 0 Å². The maximum atomic E-state index is 14.2. The van der Waals surface area contributed by atoms with Gasteiger partial charge in [0, 0.05) is 31.2 Å². The molecule has 0 aliphatic carbocycles. The van der Waals surface area contributed by atoms with Crippen LogP contribution in [0.3, 0.4) is 0 Å². The standard InChI is InChI=1S/C28H32Cl2N6O3/c1-15(2)20-21(16(3)8-9-32-20)36-24-17(12-19(29)23(30)33-24)22(18(13-31)25(36)37)34-10-11-35(26(38)39)28(7,14-34)27(4,5)6/h8-9,12,15H,10-11,14H2,1-7H3,(H,38,39)/t28-/m0/s1. The fraction of sp³-hybridized carbons (Fsp3) is 0.464. The van der Waals surface area contributed by atoms with Gasteiger partial charge in [-0.1, -0.05) is 57.8 Å². The van der Waals surface area contributed by atoms with Crippen molar-refractivity contribution in [1.29, 1.82) is 5.26 Å². The molecular formula is C28H32Cl2N6O3. The van der Waals surface area contributed by atoms with E-state index in [1.54, 1.807) is 18.3 Å². The fourth-order valence-electron chi connectivity index (χ4n) is 5.31. The Bertz CT molecular complexity index is 1590. The molecule has 1 aliphatic heterocycles. The number of hydrogen-bond acceptors (Lipinski definition) is 6. The number of amides is 1. The van der Waals surface area contributed by atoms with Crippen molar-refractivity contribution in [2.45, 2.75) is 59.9 Å². The van der Waals surface area contributed by atoms with Gasteiger partial charge in [0.1, 0.15) is 16.8 Å². The summed E-state index contributed by atoms with van der Waals surface area (Å²) in [6.07, 6.45) is 0.672. The first-order chi connectivity index (χ1) is 18.1. The predicted octanol–water partition coefficient (Wildman–Crippen LogP) is 6.00. The number of anilines is 1. The van der Waals surface area contributed by atoms with E-state index in [0.717, 1.165) is 5.56 Å². The average Bonchev–Trinajstić information content (AvgIpc) is 2.84. The van der Waals surface area contributed by atoms with Crippen LogP contribution < -0.4 is 10.5 Å². The monoisotopic (exact) mass is 570 g/mol. The number of hydrogen-bond donors (Lipinski definition) is 1. The zero-order chi connectivity index (χ0) is 29.0. The lowest BCUT2D eigenvalue weighted by atomic mass is 9.72. The van der Waals surface area contributed by atoms with E-state index in [0.29, 0.717) is 22.5 Å². The summed E-state index contributed by atoms with van der Waals surface area (Å²) in [5.74, 6) is -0.0218. The zero-order valence-corrected chi connectivity index (χ0v) is 24.6. The van der Waals surface area contributed by atoms with Gasteiger partial charge in [0.15, 0.2) is 5.65 Å². The summed E-state index contributed by atoms with van der Waals surface area (Å²) in [6.45, 7) is 14.4. The molecule has 4 heterocycles. The number of pyridine rings is 3. The summed E-state index contributed by atoms with van der Waals surface area (Å²) in [4.78, 5) is 38.8. The van der Waals surface area contributed by atoms with Crippen LogP contribution >= 0.6 is 23.2 Å². The number of aryl methyl sites for hydroxylation is 1. The van der Waals surface area contributed by atoms with Gasteiger partial charge in [-0.2, -0.15) is 5.26 Å². The SMILES string of the molecule is Cc1ccnc(C(C)C)c1-n1c(=O)c(C#N)c(N2CCN(C(=O)O)[C@](C)(C(C)(C)C)C2)c2cc(Cl)c(Cl)nc21. The molecule has 0 aromatic carbocycles. The fourth-order valence-corrected chi connectivity index (χ4v) is 5.60. The molecule has 4 rings (SSSR count). The van der Waals surface area contributed by atoms with Gasteiger partial charge in [-0.25, -0.2) is 9.78 Å². The van der Waals surface area contributed by atoms with Crippen LogP contribution in [-0.2, 0) is 0 Å². The van der Waals surface area contributed by atoms with E-state index in [-0.39, 0.29) is 46.9 Å². The van der Waals surface area contributed by atoms with Crippen LogP contribution in [0, 0.1) is 23.7 Å². The quantitative estimate of drug-likeness (QED) is 0.384. The molecule has 1 N–H and O–H groups in total. The third-order valence-corrected chi connectivity index (χ3v) is 8.59. The molecule has 11 heteroatoms. The molecule has 39 heavy (non-hydrogen) atoms. The molecule has 9 nitrogen and oxygen atoms in total. The molecule has 1 fully saturated rings. The van der Waals surface area contributed by atoms with Gasteiger partial charge in [-0.05, 0) is 42.9 Å². The highest BCUT2D eigenvalue weighted by atomic mass is 35.5. The number of carboxylic acid groups (broad SMARTS) is 1. The Hall–Kier alpha value is -3.35. The summed E-state index contributed by atoms with van der Waals surface area (Å²) >= 11 is 12.8. The summed E-state index contributed by atoms with van der Waals surface area (Å²) in [6, 6.07) is 5.56. The number of halogens is 2. The highest BCUT2D eigenvalue weighted by molar-refractivity contribution is 6.41. The third kappa shape index (κ3) is 4.60. The largest absolute Gasteiger partial charge is 0.465 e. The Kier molecular flexibility index (Phi) is 7.34. The lowest BCUT2D eigenvalue weighted by Gasteiger charge is -2.55. The molecular weight excluding hydrogens is 539 g/mol. The molecule has 3 aromatic rings. The third-order valence-electron chi connectivity index (χ3n) is 7.92. The van der Waals surface area contributed by atoms with Gasteiger partial charge in [0.05, 0.1) is 27.6 Å². The lowest BCUT2D eigenvalue weighted by molar-refractivity contribution is 0.00751. The maximum Gasteiger partial charge on any atom is 0.407 e. The Morgan fingerprint density at radius 2 is 1.90 bits per heavy atom. The molecule has 1 amide bonds. The molecule has 3 aromatic heterocycles. The smallest absolute Gasteiger partial charge is 0.407 e. The Morgan fingerprint density at radius 1 is 1.23 bits per heavy atom. The predicted molar refractivity (Wildman–Crippen MR) is 153 cm³/mol. The van der Waals surface area contributed by atoms with Crippen LogP contribution in [0.2, 0.25) is 10.2 Å². The number of carbonyl (C=O) groups is 1. The van der Waals surface area contributed by atoms with E-state index in [4.69, 9.17) is 23.2 Å². The molecule has 0 bridgehead atoms. The Morgan fingerprint density at radius 3 is 2.46 bits per heavy atom. The van der Waals surface area contributed by atoms with Gasteiger partial charge < -0.3 is 10.0 Å². The average molecular weight is 572 g/mol. The molecule has 206 valence electrons.